The molecule has 0 aromatic carbocycles. The van der Waals surface area contributed by atoms with Crippen LogP contribution in [0.1, 0.15) is 32.6 Å². The molecule has 0 radical (unpaired) electrons. The van der Waals surface area contributed by atoms with Gasteiger partial charge >= 0.3 is 5.91 Å². The second-order valence-corrected chi connectivity index (χ2v) is 2.11. The number of carbonyl (C=O) groups excluding carboxylic acids is 1. The van der Waals surface area contributed by atoms with Gasteiger partial charge in [0.2, 0.25) is 0 Å². The van der Waals surface area contributed by atoms with Gasteiger partial charge in [-0.25, -0.2) is 4.79 Å². The van der Waals surface area contributed by atoms with E-state index in [1.165, 1.54) is 0 Å². The molecule has 0 saturated carbocycles. The van der Waals surface area contributed by atoms with Crippen LogP contribution in [0.2, 0.25) is 0 Å². The Labute approximate surface area is 59.4 Å². The summed E-state index contributed by atoms with van der Waals surface area (Å²) in [5.74, 6) is -0.867. The van der Waals surface area contributed by atoms with Crippen LogP contribution in [0.4, 0.5) is 0 Å². The summed E-state index contributed by atoms with van der Waals surface area (Å²) in [5.41, 5.74) is 0. The van der Waals surface area contributed by atoms with Crippen LogP contribution in [0.3, 0.4) is 0 Å². The van der Waals surface area contributed by atoms with Crippen molar-refractivity contribution >= 4 is 5.91 Å². The first kappa shape index (κ1) is 9.07. The minimum atomic E-state index is -0.867. The number of hydrogen-bond acceptors (Lipinski definition) is 3. The van der Waals surface area contributed by atoms with Gasteiger partial charge in [0.05, 0.1) is 6.42 Å². The fourth-order valence-corrected chi connectivity index (χ4v) is 0.618. The molecule has 4 nitrogen and oxygen atoms in total. The lowest BCUT2D eigenvalue weighted by Crippen LogP contribution is -2.10. The van der Waals surface area contributed by atoms with E-state index in [0.717, 1.165) is 12.8 Å². The van der Waals surface area contributed by atoms with Gasteiger partial charge in [-0.2, -0.15) is 0 Å². The van der Waals surface area contributed by atoms with Gasteiger partial charge in [0, 0.05) is 0 Å². The Hall–Kier alpha value is -0.930. The molecule has 0 heterocycles. The predicted molar refractivity (Wildman–Crippen MR) is 36.1 cm³/mol. The summed E-state index contributed by atoms with van der Waals surface area (Å²) < 4.78 is 0. The maximum absolute atomic E-state index is 10.3. The van der Waals surface area contributed by atoms with E-state index in [-0.39, 0.29) is 6.42 Å². The van der Waals surface area contributed by atoms with E-state index >= 15 is 0 Å². The number of nitrogens with zero attached hydrogens (tertiary/aromatic N) is 1. The maximum atomic E-state index is 10.3. The van der Waals surface area contributed by atoms with Crippen molar-refractivity contribution in [2.75, 3.05) is 0 Å². The van der Waals surface area contributed by atoms with E-state index in [1.807, 2.05) is 6.92 Å². The minimum Gasteiger partial charge on any atom is -0.256 e. The van der Waals surface area contributed by atoms with E-state index in [1.54, 1.807) is 0 Å². The number of carbonyl (C=O) groups is 1. The van der Waals surface area contributed by atoms with Crippen molar-refractivity contribution < 1.29 is 9.72 Å². The Bertz CT molecular complexity index is 133. The number of hydrogen-bond donors (Lipinski definition) is 0. The molecule has 0 unspecified atom stereocenters. The molecule has 0 aliphatic carbocycles. The van der Waals surface area contributed by atoms with E-state index in [2.05, 4.69) is 0 Å². The van der Waals surface area contributed by atoms with E-state index in [0.29, 0.717) is 6.42 Å². The van der Waals surface area contributed by atoms with Crippen LogP contribution in [-0.4, -0.2) is 10.8 Å². The van der Waals surface area contributed by atoms with Gasteiger partial charge in [-0.3, -0.25) is 10.1 Å². The lowest BCUT2D eigenvalue weighted by atomic mass is 10.2. The molecule has 0 bridgehead atoms. The zero-order valence-electron chi connectivity index (χ0n) is 6.00. The fourth-order valence-electron chi connectivity index (χ4n) is 0.618. The van der Waals surface area contributed by atoms with Gasteiger partial charge in [-0.15, -0.1) is 0 Å². The van der Waals surface area contributed by atoms with E-state index in [4.69, 9.17) is 0 Å². The molecular formula is C6H11NO3. The zero-order valence-corrected chi connectivity index (χ0v) is 6.00. The zero-order chi connectivity index (χ0) is 7.98. The lowest BCUT2D eigenvalue weighted by Gasteiger charge is -1.90. The molecule has 0 saturated heterocycles. The molecule has 0 aliphatic rings. The number of unbranched alkanes of at least 4 members (excludes halogenated alkanes) is 2. The highest BCUT2D eigenvalue weighted by molar-refractivity contribution is 5.66. The van der Waals surface area contributed by atoms with E-state index in [9.17, 15) is 14.9 Å². The largest absolute Gasteiger partial charge is 0.444 e. The van der Waals surface area contributed by atoms with Crippen LogP contribution in [-0.2, 0) is 4.79 Å². The summed E-state index contributed by atoms with van der Waals surface area (Å²) in [5, 5.41) is 9.75. The van der Waals surface area contributed by atoms with Crippen molar-refractivity contribution in [2.24, 2.45) is 0 Å². The fraction of sp³-hybridized carbons (Fsp3) is 0.833. The normalized spacial score (nSPS) is 9.30. The van der Waals surface area contributed by atoms with Crippen LogP contribution < -0.4 is 0 Å². The maximum Gasteiger partial charge on any atom is 0.444 e. The Kier molecular flexibility index (Phi) is 4.45. The molecule has 0 aromatic rings. The summed E-state index contributed by atoms with van der Waals surface area (Å²) in [6.45, 7) is 1.98. The first-order valence-electron chi connectivity index (χ1n) is 3.35. The van der Waals surface area contributed by atoms with Gasteiger partial charge in [0.1, 0.15) is 4.92 Å². The first-order chi connectivity index (χ1) is 4.68. The molecule has 0 atom stereocenters. The smallest absolute Gasteiger partial charge is 0.256 e. The van der Waals surface area contributed by atoms with Crippen molar-refractivity contribution in [3.8, 4) is 0 Å². The Morgan fingerprint density at radius 2 is 2.10 bits per heavy atom. The quantitative estimate of drug-likeness (QED) is 0.341. The second kappa shape index (κ2) is 4.90. The highest BCUT2D eigenvalue weighted by atomic mass is 16.6. The molecule has 0 N–H and O–H groups in total. The highest BCUT2D eigenvalue weighted by Gasteiger charge is 2.12. The third kappa shape index (κ3) is 4.00. The van der Waals surface area contributed by atoms with Gasteiger partial charge < -0.3 is 0 Å². The van der Waals surface area contributed by atoms with Gasteiger partial charge in [-0.1, -0.05) is 19.8 Å². The number of rotatable bonds is 4. The molecular weight excluding hydrogens is 134 g/mol. The monoisotopic (exact) mass is 145 g/mol. The molecule has 0 aromatic heterocycles. The third-order valence-corrected chi connectivity index (χ3v) is 1.20. The number of amides is 1. The first-order valence-corrected chi connectivity index (χ1v) is 3.35. The standard InChI is InChI=1S/C6H11NO3/c1-2-3-4-5-6(8)7(9)10/h2-5H2,1H3. The predicted octanol–water partition coefficient (Wildman–Crippen LogP) is 1.37. The molecule has 0 fully saturated rings. The number of nitro groups is 1. The van der Waals surface area contributed by atoms with Gasteiger partial charge in [0.15, 0.2) is 0 Å². The molecule has 4 heteroatoms. The Morgan fingerprint density at radius 1 is 1.50 bits per heavy atom. The molecule has 58 valence electrons. The second-order valence-electron chi connectivity index (χ2n) is 2.11. The Balaban J connectivity index is 3.31. The topological polar surface area (TPSA) is 60.2 Å². The van der Waals surface area contributed by atoms with Crippen LogP contribution in [0.5, 0.6) is 0 Å². The lowest BCUT2D eigenvalue weighted by molar-refractivity contribution is -0.402. The van der Waals surface area contributed by atoms with Crippen molar-refractivity contribution in [3.05, 3.63) is 10.1 Å². The molecule has 1 amide bonds. The molecule has 0 spiro atoms. The van der Waals surface area contributed by atoms with Gasteiger partial charge in [0.25, 0.3) is 0 Å². The average molecular weight is 145 g/mol. The summed E-state index contributed by atoms with van der Waals surface area (Å²) in [6.07, 6.45) is 2.59. The summed E-state index contributed by atoms with van der Waals surface area (Å²) in [6, 6.07) is 0. The SMILES string of the molecule is CCCCCC(=O)[N+](=O)[O-]. The summed E-state index contributed by atoms with van der Waals surface area (Å²) in [4.78, 5) is 19.2. The van der Waals surface area contributed by atoms with Crippen molar-refractivity contribution in [2.45, 2.75) is 32.6 Å². The average Bonchev–Trinajstić information content (AvgIpc) is 1.88. The highest BCUT2D eigenvalue weighted by Crippen LogP contribution is 1.99. The Morgan fingerprint density at radius 3 is 2.50 bits per heavy atom. The molecule has 10 heavy (non-hydrogen) atoms. The van der Waals surface area contributed by atoms with Crippen LogP contribution >= 0.6 is 0 Å². The summed E-state index contributed by atoms with van der Waals surface area (Å²) in [7, 11) is 0. The molecule has 0 rings (SSSR count). The van der Waals surface area contributed by atoms with Crippen molar-refractivity contribution in [1.82, 2.24) is 0 Å². The van der Waals surface area contributed by atoms with Crippen LogP contribution in [0.15, 0.2) is 0 Å². The van der Waals surface area contributed by atoms with Crippen LogP contribution in [0.25, 0.3) is 0 Å². The van der Waals surface area contributed by atoms with Gasteiger partial charge in [-0.05, 0) is 6.42 Å². The minimum absolute atomic E-state index is 0.0842. The third-order valence-electron chi connectivity index (χ3n) is 1.20. The van der Waals surface area contributed by atoms with Crippen LogP contribution in [0, 0.1) is 10.1 Å². The van der Waals surface area contributed by atoms with Crippen molar-refractivity contribution in [3.63, 3.8) is 0 Å². The molecule has 0 aliphatic heterocycles. The van der Waals surface area contributed by atoms with E-state index < -0.39 is 10.8 Å². The van der Waals surface area contributed by atoms with Crippen molar-refractivity contribution in [1.29, 1.82) is 0 Å². The summed E-state index contributed by atoms with van der Waals surface area (Å²) >= 11 is 0.